The zero-order valence-corrected chi connectivity index (χ0v) is 12.8. The quantitative estimate of drug-likeness (QED) is 0.827. The van der Waals surface area contributed by atoms with Gasteiger partial charge in [0.2, 0.25) is 0 Å². The summed E-state index contributed by atoms with van der Waals surface area (Å²) in [6, 6.07) is 9.90. The third-order valence-corrected chi connectivity index (χ3v) is 3.76. The van der Waals surface area contributed by atoms with Crippen LogP contribution in [0.4, 0.5) is 5.82 Å². The molecule has 1 atom stereocenters. The van der Waals surface area contributed by atoms with Crippen molar-refractivity contribution in [2.75, 3.05) is 38.2 Å². The van der Waals surface area contributed by atoms with Gasteiger partial charge < -0.3 is 9.64 Å². The van der Waals surface area contributed by atoms with E-state index in [2.05, 4.69) is 31.0 Å². The van der Waals surface area contributed by atoms with E-state index >= 15 is 0 Å². The van der Waals surface area contributed by atoms with E-state index in [9.17, 15) is 0 Å². The lowest BCUT2D eigenvalue weighted by Crippen LogP contribution is -2.46. The predicted octanol–water partition coefficient (Wildman–Crippen LogP) is 1.21. The second kappa shape index (κ2) is 7.29. The Labute approximate surface area is 130 Å². The van der Waals surface area contributed by atoms with Crippen LogP contribution in [0.2, 0.25) is 0 Å². The van der Waals surface area contributed by atoms with Gasteiger partial charge in [-0.25, -0.2) is 0 Å². The molecule has 0 saturated carbocycles. The molecular formula is C16H21N5O. The number of rotatable bonds is 5. The molecule has 1 saturated heterocycles. The van der Waals surface area contributed by atoms with Crippen LogP contribution in [0.5, 0.6) is 0 Å². The fourth-order valence-electron chi connectivity index (χ4n) is 2.65. The topological polar surface area (TPSA) is 54.4 Å². The van der Waals surface area contributed by atoms with Gasteiger partial charge in [0.1, 0.15) is 0 Å². The first-order valence-corrected chi connectivity index (χ1v) is 7.54. The predicted molar refractivity (Wildman–Crippen MR) is 84.6 cm³/mol. The van der Waals surface area contributed by atoms with Crippen molar-refractivity contribution in [3.8, 4) is 0 Å². The lowest BCUT2D eigenvalue weighted by molar-refractivity contribution is -0.0268. The van der Waals surface area contributed by atoms with Gasteiger partial charge >= 0.3 is 0 Å². The Morgan fingerprint density at radius 2 is 2.23 bits per heavy atom. The molecule has 0 radical (unpaired) electrons. The van der Waals surface area contributed by atoms with Crippen LogP contribution < -0.4 is 4.90 Å². The van der Waals surface area contributed by atoms with E-state index in [0.29, 0.717) is 0 Å². The maximum atomic E-state index is 5.89. The van der Waals surface area contributed by atoms with Gasteiger partial charge in [-0.2, -0.15) is 5.10 Å². The Hall–Kier alpha value is -2.05. The molecule has 1 aliphatic rings. The fraction of sp³-hybridized carbons (Fsp3) is 0.438. The minimum Gasteiger partial charge on any atom is -0.374 e. The molecule has 3 heterocycles. The minimum absolute atomic E-state index is 0.171. The van der Waals surface area contributed by atoms with Crippen molar-refractivity contribution < 1.29 is 4.74 Å². The van der Waals surface area contributed by atoms with E-state index in [0.717, 1.165) is 44.3 Å². The highest BCUT2D eigenvalue weighted by molar-refractivity contribution is 5.35. The molecule has 1 aliphatic heterocycles. The second-order valence-electron chi connectivity index (χ2n) is 5.51. The van der Waals surface area contributed by atoms with Gasteiger partial charge in [-0.05, 0) is 24.3 Å². The molecule has 0 bridgehead atoms. The van der Waals surface area contributed by atoms with E-state index in [4.69, 9.17) is 4.74 Å². The van der Waals surface area contributed by atoms with Crippen molar-refractivity contribution in [3.63, 3.8) is 0 Å². The summed E-state index contributed by atoms with van der Waals surface area (Å²) in [4.78, 5) is 8.87. The summed E-state index contributed by atoms with van der Waals surface area (Å²) in [7, 11) is 2.02. The molecule has 0 N–H and O–H groups in total. The molecule has 6 heteroatoms. The van der Waals surface area contributed by atoms with E-state index in [1.165, 1.54) is 0 Å². The van der Waals surface area contributed by atoms with Gasteiger partial charge in [-0.3, -0.25) is 9.88 Å². The first-order valence-electron chi connectivity index (χ1n) is 7.54. The zero-order chi connectivity index (χ0) is 15.2. The molecule has 22 heavy (non-hydrogen) atoms. The highest BCUT2D eigenvalue weighted by Gasteiger charge is 2.22. The normalized spacial score (nSPS) is 19.0. The molecule has 2 aromatic rings. The van der Waals surface area contributed by atoms with Crippen molar-refractivity contribution in [2.24, 2.45) is 0 Å². The van der Waals surface area contributed by atoms with Gasteiger partial charge in [0, 0.05) is 45.6 Å². The van der Waals surface area contributed by atoms with E-state index < -0.39 is 0 Å². The Morgan fingerprint density at radius 1 is 1.27 bits per heavy atom. The maximum absolute atomic E-state index is 5.89. The van der Waals surface area contributed by atoms with Crippen LogP contribution in [0.3, 0.4) is 0 Å². The lowest BCUT2D eigenvalue weighted by atomic mass is 10.2. The standard InChI is InChI=1S/C16H21N5O/c1-20(16-6-4-8-18-19-16)12-15-13-21(9-10-22-15)11-14-5-2-3-7-17-14/h2-8,15H,9-13H2,1H3. The van der Waals surface area contributed by atoms with Crippen LogP contribution in [0.15, 0.2) is 42.7 Å². The van der Waals surface area contributed by atoms with Crippen LogP contribution >= 0.6 is 0 Å². The second-order valence-corrected chi connectivity index (χ2v) is 5.51. The summed E-state index contributed by atoms with van der Waals surface area (Å²) in [5.41, 5.74) is 1.10. The molecule has 0 amide bonds. The summed E-state index contributed by atoms with van der Waals surface area (Å²) in [5, 5.41) is 8.05. The Kier molecular flexibility index (Phi) is 4.92. The molecule has 3 rings (SSSR count). The third-order valence-electron chi connectivity index (χ3n) is 3.76. The average Bonchev–Trinajstić information content (AvgIpc) is 2.57. The molecule has 1 fully saturated rings. The number of likely N-dealkylation sites (N-methyl/N-ethyl adjacent to an activating group) is 1. The van der Waals surface area contributed by atoms with E-state index in [-0.39, 0.29) is 6.10 Å². The molecule has 116 valence electrons. The van der Waals surface area contributed by atoms with Gasteiger partial charge in [0.25, 0.3) is 0 Å². The molecule has 0 spiro atoms. The maximum Gasteiger partial charge on any atom is 0.151 e. The Balaban J connectivity index is 1.54. The summed E-state index contributed by atoms with van der Waals surface area (Å²) in [5.74, 6) is 0.868. The Morgan fingerprint density at radius 3 is 3.00 bits per heavy atom. The Bertz CT molecular complexity index is 565. The number of hydrogen-bond acceptors (Lipinski definition) is 6. The number of ether oxygens (including phenoxy) is 1. The summed E-state index contributed by atoms with van der Waals surface area (Å²) >= 11 is 0. The molecule has 0 aromatic carbocycles. The zero-order valence-electron chi connectivity index (χ0n) is 12.8. The number of hydrogen-bond donors (Lipinski definition) is 0. The van der Waals surface area contributed by atoms with Crippen molar-refractivity contribution in [1.29, 1.82) is 0 Å². The lowest BCUT2D eigenvalue weighted by Gasteiger charge is -2.34. The number of aromatic nitrogens is 3. The highest BCUT2D eigenvalue weighted by atomic mass is 16.5. The van der Waals surface area contributed by atoms with Crippen LogP contribution in [0.1, 0.15) is 5.69 Å². The first-order chi connectivity index (χ1) is 10.8. The number of anilines is 1. The van der Waals surface area contributed by atoms with Crippen LogP contribution in [0, 0.1) is 0 Å². The molecule has 1 unspecified atom stereocenters. The highest BCUT2D eigenvalue weighted by Crippen LogP contribution is 2.12. The third kappa shape index (κ3) is 3.99. The van der Waals surface area contributed by atoms with Crippen molar-refractivity contribution in [3.05, 3.63) is 48.4 Å². The molecular weight excluding hydrogens is 278 g/mol. The largest absolute Gasteiger partial charge is 0.374 e. The van der Waals surface area contributed by atoms with Crippen molar-refractivity contribution in [1.82, 2.24) is 20.1 Å². The summed E-state index contributed by atoms with van der Waals surface area (Å²) < 4.78 is 5.89. The van der Waals surface area contributed by atoms with Gasteiger partial charge in [-0.1, -0.05) is 6.07 Å². The SMILES string of the molecule is CN(CC1CN(Cc2ccccn2)CCO1)c1cccnn1. The van der Waals surface area contributed by atoms with Gasteiger partial charge in [0.05, 0.1) is 18.4 Å². The van der Waals surface area contributed by atoms with Crippen LogP contribution in [-0.2, 0) is 11.3 Å². The molecule has 6 nitrogen and oxygen atoms in total. The van der Waals surface area contributed by atoms with Crippen LogP contribution in [0.25, 0.3) is 0 Å². The van der Waals surface area contributed by atoms with Crippen molar-refractivity contribution in [2.45, 2.75) is 12.6 Å². The number of nitrogens with zero attached hydrogens (tertiary/aromatic N) is 5. The summed E-state index contributed by atoms with van der Waals surface area (Å²) in [6.07, 6.45) is 3.70. The number of morpholine rings is 1. The summed E-state index contributed by atoms with van der Waals surface area (Å²) in [6.45, 7) is 4.28. The van der Waals surface area contributed by atoms with Crippen molar-refractivity contribution >= 4 is 5.82 Å². The van der Waals surface area contributed by atoms with Gasteiger partial charge in [0.15, 0.2) is 5.82 Å². The minimum atomic E-state index is 0.171. The van der Waals surface area contributed by atoms with Gasteiger partial charge in [-0.15, -0.1) is 5.10 Å². The first kappa shape index (κ1) is 14.9. The van der Waals surface area contributed by atoms with E-state index in [1.807, 2.05) is 37.5 Å². The fourth-order valence-corrected chi connectivity index (χ4v) is 2.65. The monoisotopic (exact) mass is 299 g/mol. The van der Waals surface area contributed by atoms with E-state index in [1.54, 1.807) is 6.20 Å². The average molecular weight is 299 g/mol. The number of pyridine rings is 1. The smallest absolute Gasteiger partial charge is 0.151 e. The molecule has 0 aliphatic carbocycles. The van der Waals surface area contributed by atoms with Crippen LogP contribution in [-0.4, -0.2) is 59.5 Å². The molecule has 2 aromatic heterocycles.